The van der Waals surface area contributed by atoms with Crippen LogP contribution in [-0.4, -0.2) is 13.4 Å². The Morgan fingerprint density at radius 1 is 1.14 bits per heavy atom. The molecule has 1 aromatic heterocycles. The van der Waals surface area contributed by atoms with E-state index < -0.39 is 10.0 Å². The minimum absolute atomic E-state index is 0.148. The highest BCUT2D eigenvalue weighted by atomic mass is 32.2. The summed E-state index contributed by atoms with van der Waals surface area (Å²) >= 11 is 0. The standard InChI is InChI=1S/C15H13N3O2S/c16-10-11-6-7-17-15(8-11)18-21(19,20)14-5-4-12-2-1-3-13(12)9-14/h4-9H,1-3H2,(H,17,18). The molecule has 5 nitrogen and oxygen atoms in total. The van der Waals surface area contributed by atoms with Crippen molar-refractivity contribution in [2.24, 2.45) is 0 Å². The van der Waals surface area contributed by atoms with Gasteiger partial charge in [0.1, 0.15) is 5.82 Å². The molecule has 3 rings (SSSR count). The zero-order valence-corrected chi connectivity index (χ0v) is 12.0. The zero-order valence-electron chi connectivity index (χ0n) is 11.2. The molecule has 0 radical (unpaired) electrons. The van der Waals surface area contributed by atoms with Gasteiger partial charge in [0.05, 0.1) is 16.5 Å². The van der Waals surface area contributed by atoms with Crippen molar-refractivity contribution in [1.82, 2.24) is 4.98 Å². The van der Waals surface area contributed by atoms with Gasteiger partial charge in [0, 0.05) is 6.20 Å². The van der Waals surface area contributed by atoms with E-state index in [1.807, 2.05) is 12.1 Å². The molecule has 0 spiro atoms. The molecule has 0 amide bonds. The highest BCUT2D eigenvalue weighted by Crippen LogP contribution is 2.25. The number of nitrogens with one attached hydrogen (secondary N) is 1. The van der Waals surface area contributed by atoms with Crippen molar-refractivity contribution in [1.29, 1.82) is 5.26 Å². The summed E-state index contributed by atoms with van der Waals surface area (Å²) in [5, 5.41) is 8.83. The van der Waals surface area contributed by atoms with E-state index in [2.05, 4.69) is 9.71 Å². The maximum absolute atomic E-state index is 12.4. The highest BCUT2D eigenvalue weighted by molar-refractivity contribution is 7.92. The quantitative estimate of drug-likeness (QED) is 0.942. The lowest BCUT2D eigenvalue weighted by atomic mass is 10.1. The summed E-state index contributed by atoms with van der Waals surface area (Å²) in [5.41, 5.74) is 2.67. The second-order valence-electron chi connectivity index (χ2n) is 4.93. The number of aryl methyl sites for hydroxylation is 2. The maximum Gasteiger partial charge on any atom is 0.263 e. The third kappa shape index (κ3) is 2.73. The summed E-state index contributed by atoms with van der Waals surface area (Å²) in [6.07, 6.45) is 4.40. The third-order valence-corrected chi connectivity index (χ3v) is 4.86. The van der Waals surface area contributed by atoms with Crippen LogP contribution in [0.2, 0.25) is 0 Å². The Balaban J connectivity index is 1.92. The Kier molecular flexibility index (Phi) is 3.35. The van der Waals surface area contributed by atoms with Gasteiger partial charge in [0.25, 0.3) is 10.0 Å². The van der Waals surface area contributed by atoms with Gasteiger partial charge in [-0.25, -0.2) is 13.4 Å². The Hall–Kier alpha value is -2.39. The largest absolute Gasteiger partial charge is 0.263 e. The van der Waals surface area contributed by atoms with Gasteiger partial charge in [0.15, 0.2) is 0 Å². The fraction of sp³-hybridized carbons (Fsp3) is 0.200. The second-order valence-corrected chi connectivity index (χ2v) is 6.61. The van der Waals surface area contributed by atoms with Crippen LogP contribution in [0.25, 0.3) is 0 Å². The van der Waals surface area contributed by atoms with Gasteiger partial charge in [-0.3, -0.25) is 4.72 Å². The molecule has 1 aromatic carbocycles. The first-order valence-electron chi connectivity index (χ1n) is 6.59. The maximum atomic E-state index is 12.4. The fourth-order valence-corrected chi connectivity index (χ4v) is 3.52. The van der Waals surface area contributed by atoms with Crippen LogP contribution >= 0.6 is 0 Å². The van der Waals surface area contributed by atoms with Crippen LogP contribution in [0.15, 0.2) is 41.4 Å². The molecule has 0 atom stereocenters. The van der Waals surface area contributed by atoms with Crippen molar-refractivity contribution in [2.75, 3.05) is 4.72 Å². The van der Waals surface area contributed by atoms with E-state index in [0.29, 0.717) is 5.56 Å². The van der Waals surface area contributed by atoms with Crippen LogP contribution < -0.4 is 4.72 Å². The molecule has 1 aliphatic rings. The van der Waals surface area contributed by atoms with Gasteiger partial charge < -0.3 is 0 Å². The van der Waals surface area contributed by atoms with Gasteiger partial charge >= 0.3 is 0 Å². The molecule has 1 heterocycles. The van der Waals surface area contributed by atoms with Crippen LogP contribution in [0.5, 0.6) is 0 Å². The molecule has 21 heavy (non-hydrogen) atoms. The van der Waals surface area contributed by atoms with E-state index >= 15 is 0 Å². The molecular formula is C15H13N3O2S. The minimum Gasteiger partial charge on any atom is -0.263 e. The SMILES string of the molecule is N#Cc1ccnc(NS(=O)(=O)c2ccc3c(c2)CCC3)c1. The molecule has 0 aliphatic heterocycles. The van der Waals surface area contributed by atoms with Crippen LogP contribution in [0.3, 0.4) is 0 Å². The number of hydrogen-bond donors (Lipinski definition) is 1. The predicted molar refractivity (Wildman–Crippen MR) is 78.2 cm³/mol. The lowest BCUT2D eigenvalue weighted by molar-refractivity contribution is 0.601. The fourth-order valence-electron chi connectivity index (χ4n) is 2.47. The Morgan fingerprint density at radius 2 is 1.95 bits per heavy atom. The molecule has 6 heteroatoms. The molecule has 0 saturated heterocycles. The summed E-state index contributed by atoms with van der Waals surface area (Å²) in [5.74, 6) is 0.148. The van der Waals surface area contributed by atoms with Gasteiger partial charge in [-0.2, -0.15) is 5.26 Å². The summed E-state index contributed by atoms with van der Waals surface area (Å²) in [7, 11) is -3.68. The highest BCUT2D eigenvalue weighted by Gasteiger charge is 2.19. The van der Waals surface area contributed by atoms with Gasteiger partial charge in [-0.1, -0.05) is 6.07 Å². The number of anilines is 1. The molecular weight excluding hydrogens is 286 g/mol. The Morgan fingerprint density at radius 3 is 2.76 bits per heavy atom. The lowest BCUT2D eigenvalue weighted by Crippen LogP contribution is -2.14. The monoisotopic (exact) mass is 299 g/mol. The third-order valence-electron chi connectivity index (χ3n) is 3.51. The molecule has 1 aliphatic carbocycles. The van der Waals surface area contributed by atoms with Crippen molar-refractivity contribution in [3.05, 3.63) is 53.2 Å². The average molecular weight is 299 g/mol. The first kappa shape index (κ1) is 13.6. The van der Waals surface area contributed by atoms with Crippen molar-refractivity contribution in [3.8, 4) is 6.07 Å². The first-order chi connectivity index (χ1) is 10.1. The normalized spacial score (nSPS) is 13.5. The number of pyridine rings is 1. The van der Waals surface area contributed by atoms with E-state index in [4.69, 9.17) is 5.26 Å². The molecule has 0 fully saturated rings. The van der Waals surface area contributed by atoms with E-state index in [1.54, 1.807) is 12.1 Å². The number of nitriles is 1. The van der Waals surface area contributed by atoms with Crippen molar-refractivity contribution in [2.45, 2.75) is 24.2 Å². The zero-order chi connectivity index (χ0) is 14.9. The van der Waals surface area contributed by atoms with E-state index in [-0.39, 0.29) is 10.7 Å². The Labute approximate surface area is 123 Å². The molecule has 1 N–H and O–H groups in total. The topological polar surface area (TPSA) is 82.8 Å². The number of hydrogen-bond acceptors (Lipinski definition) is 4. The number of aromatic nitrogens is 1. The Bertz CT molecular complexity index is 838. The summed E-state index contributed by atoms with van der Waals surface area (Å²) in [6.45, 7) is 0. The molecule has 0 bridgehead atoms. The number of rotatable bonds is 3. The molecule has 2 aromatic rings. The van der Waals surface area contributed by atoms with Gasteiger partial charge in [-0.15, -0.1) is 0 Å². The molecule has 106 valence electrons. The number of nitrogens with zero attached hydrogens (tertiary/aromatic N) is 2. The van der Waals surface area contributed by atoms with E-state index in [9.17, 15) is 8.42 Å². The van der Waals surface area contributed by atoms with E-state index in [1.165, 1.54) is 23.9 Å². The minimum atomic E-state index is -3.68. The smallest absolute Gasteiger partial charge is 0.263 e. The number of benzene rings is 1. The van der Waals surface area contributed by atoms with Crippen molar-refractivity contribution in [3.63, 3.8) is 0 Å². The van der Waals surface area contributed by atoms with E-state index in [0.717, 1.165) is 24.8 Å². The molecule has 0 unspecified atom stereocenters. The summed E-state index contributed by atoms with van der Waals surface area (Å²) < 4.78 is 27.1. The second kappa shape index (κ2) is 5.19. The molecule has 0 saturated carbocycles. The summed E-state index contributed by atoms with van der Waals surface area (Å²) in [6, 6.07) is 10.1. The predicted octanol–water partition coefficient (Wildman–Crippen LogP) is 2.24. The van der Waals surface area contributed by atoms with Crippen LogP contribution in [0.1, 0.15) is 23.1 Å². The average Bonchev–Trinajstić information content (AvgIpc) is 2.94. The summed E-state index contributed by atoms with van der Waals surface area (Å²) in [4.78, 5) is 4.16. The van der Waals surface area contributed by atoms with Crippen LogP contribution in [-0.2, 0) is 22.9 Å². The lowest BCUT2D eigenvalue weighted by Gasteiger charge is -2.09. The first-order valence-corrected chi connectivity index (χ1v) is 8.07. The van der Waals surface area contributed by atoms with Crippen LogP contribution in [0.4, 0.5) is 5.82 Å². The van der Waals surface area contributed by atoms with Crippen LogP contribution in [0, 0.1) is 11.3 Å². The van der Waals surface area contributed by atoms with Crippen molar-refractivity contribution >= 4 is 15.8 Å². The van der Waals surface area contributed by atoms with Crippen molar-refractivity contribution < 1.29 is 8.42 Å². The van der Waals surface area contributed by atoms with Gasteiger partial charge in [-0.05, 0) is 54.7 Å². The van der Waals surface area contributed by atoms with Gasteiger partial charge in [0.2, 0.25) is 0 Å². The number of fused-ring (bicyclic) bond motifs is 1. The number of sulfonamides is 1.